The molecule has 0 atom stereocenters. The second kappa shape index (κ2) is 6.48. The Bertz CT molecular complexity index is 800. The smallest absolute Gasteiger partial charge is 0.274 e. The molecular weight excluding hydrogens is 286 g/mol. The van der Waals surface area contributed by atoms with E-state index in [0.717, 1.165) is 11.1 Å². The quantitative estimate of drug-likeness (QED) is 0.677. The summed E-state index contributed by atoms with van der Waals surface area (Å²) in [4.78, 5) is 14.5. The van der Waals surface area contributed by atoms with E-state index in [-0.39, 0.29) is 5.91 Å². The highest BCUT2D eigenvalue weighted by Gasteiger charge is 2.18. The molecule has 0 aliphatic carbocycles. The SMILES string of the molecule is C=CCN(Cc1ccc(C)cc1)C(=O)c1cc2ccccn2n1. The summed E-state index contributed by atoms with van der Waals surface area (Å²) in [6.07, 6.45) is 3.58. The van der Waals surface area contributed by atoms with Crippen LogP contribution in [0.5, 0.6) is 0 Å². The predicted octanol–water partition coefficient (Wildman–Crippen LogP) is 3.47. The number of hydrogen-bond donors (Lipinski definition) is 0. The number of pyridine rings is 1. The van der Waals surface area contributed by atoms with Crippen molar-refractivity contribution in [3.8, 4) is 0 Å². The number of nitrogens with zero attached hydrogens (tertiary/aromatic N) is 3. The topological polar surface area (TPSA) is 37.6 Å². The van der Waals surface area contributed by atoms with Gasteiger partial charge in [0.15, 0.2) is 5.69 Å². The Morgan fingerprint density at radius 3 is 2.74 bits per heavy atom. The Balaban J connectivity index is 1.85. The van der Waals surface area contributed by atoms with Crippen molar-refractivity contribution >= 4 is 11.4 Å². The number of aromatic nitrogens is 2. The minimum absolute atomic E-state index is 0.0887. The Kier molecular flexibility index (Phi) is 4.24. The molecular formula is C19H19N3O. The summed E-state index contributed by atoms with van der Waals surface area (Å²) < 4.78 is 1.71. The first-order chi connectivity index (χ1) is 11.2. The molecule has 0 aliphatic heterocycles. The van der Waals surface area contributed by atoms with Crippen molar-refractivity contribution in [2.45, 2.75) is 13.5 Å². The van der Waals surface area contributed by atoms with Gasteiger partial charge < -0.3 is 4.90 Å². The number of amides is 1. The molecule has 0 aliphatic rings. The average Bonchev–Trinajstić information content (AvgIpc) is 3.00. The molecule has 0 saturated carbocycles. The van der Waals surface area contributed by atoms with Gasteiger partial charge in [0, 0.05) is 19.3 Å². The maximum absolute atomic E-state index is 12.8. The molecule has 116 valence electrons. The van der Waals surface area contributed by atoms with Crippen LogP contribution in [0, 0.1) is 6.92 Å². The molecule has 0 saturated heterocycles. The maximum Gasteiger partial charge on any atom is 0.274 e. The van der Waals surface area contributed by atoms with Crippen LogP contribution < -0.4 is 0 Å². The summed E-state index contributed by atoms with van der Waals surface area (Å²) in [5, 5.41) is 4.36. The van der Waals surface area contributed by atoms with Gasteiger partial charge in [-0.1, -0.05) is 42.0 Å². The van der Waals surface area contributed by atoms with E-state index in [9.17, 15) is 4.79 Å². The zero-order valence-electron chi connectivity index (χ0n) is 13.1. The van der Waals surface area contributed by atoms with Crippen LogP contribution in [-0.4, -0.2) is 27.0 Å². The Morgan fingerprint density at radius 1 is 1.26 bits per heavy atom. The molecule has 2 aromatic heterocycles. The van der Waals surface area contributed by atoms with Crippen molar-refractivity contribution in [2.75, 3.05) is 6.54 Å². The van der Waals surface area contributed by atoms with E-state index in [4.69, 9.17) is 0 Å². The van der Waals surface area contributed by atoms with Gasteiger partial charge in [-0.05, 0) is 30.7 Å². The number of aryl methyl sites for hydroxylation is 1. The van der Waals surface area contributed by atoms with Gasteiger partial charge in [0.1, 0.15) is 0 Å². The molecule has 1 aromatic carbocycles. The summed E-state index contributed by atoms with van der Waals surface area (Å²) in [6.45, 7) is 6.83. The molecule has 4 nitrogen and oxygen atoms in total. The molecule has 4 heteroatoms. The highest BCUT2D eigenvalue weighted by atomic mass is 16.2. The second-order valence-electron chi connectivity index (χ2n) is 5.56. The van der Waals surface area contributed by atoms with Gasteiger partial charge in [0.2, 0.25) is 0 Å². The van der Waals surface area contributed by atoms with Gasteiger partial charge in [-0.2, -0.15) is 5.10 Å². The van der Waals surface area contributed by atoms with Gasteiger partial charge in [-0.15, -0.1) is 6.58 Å². The van der Waals surface area contributed by atoms with Crippen LogP contribution in [0.3, 0.4) is 0 Å². The molecule has 0 radical (unpaired) electrons. The summed E-state index contributed by atoms with van der Waals surface area (Å²) in [5.41, 5.74) is 3.65. The molecule has 3 aromatic rings. The fourth-order valence-corrected chi connectivity index (χ4v) is 2.49. The Labute approximate surface area is 135 Å². The zero-order chi connectivity index (χ0) is 16.2. The first-order valence-electron chi connectivity index (χ1n) is 7.57. The monoisotopic (exact) mass is 305 g/mol. The molecule has 0 fully saturated rings. The van der Waals surface area contributed by atoms with Gasteiger partial charge in [0.25, 0.3) is 5.91 Å². The number of hydrogen-bond acceptors (Lipinski definition) is 2. The normalized spacial score (nSPS) is 10.7. The fourth-order valence-electron chi connectivity index (χ4n) is 2.49. The molecule has 0 bridgehead atoms. The van der Waals surface area contributed by atoms with Crippen LogP contribution in [-0.2, 0) is 6.54 Å². The van der Waals surface area contributed by atoms with E-state index in [2.05, 4.69) is 23.8 Å². The third-order valence-corrected chi connectivity index (χ3v) is 3.72. The van der Waals surface area contributed by atoms with E-state index >= 15 is 0 Å². The summed E-state index contributed by atoms with van der Waals surface area (Å²) in [7, 11) is 0. The molecule has 3 rings (SSSR count). The lowest BCUT2D eigenvalue weighted by molar-refractivity contribution is 0.0756. The Morgan fingerprint density at radius 2 is 2.04 bits per heavy atom. The van der Waals surface area contributed by atoms with Crippen molar-refractivity contribution in [2.24, 2.45) is 0 Å². The van der Waals surface area contributed by atoms with E-state index in [1.54, 1.807) is 15.5 Å². The van der Waals surface area contributed by atoms with Gasteiger partial charge in [-0.3, -0.25) is 4.79 Å². The highest BCUT2D eigenvalue weighted by molar-refractivity contribution is 5.93. The lowest BCUT2D eigenvalue weighted by atomic mass is 10.1. The second-order valence-corrected chi connectivity index (χ2v) is 5.56. The van der Waals surface area contributed by atoms with Gasteiger partial charge >= 0.3 is 0 Å². The van der Waals surface area contributed by atoms with Crippen molar-refractivity contribution < 1.29 is 4.79 Å². The van der Waals surface area contributed by atoms with Crippen LogP contribution in [0.4, 0.5) is 0 Å². The van der Waals surface area contributed by atoms with Crippen molar-refractivity contribution in [1.82, 2.24) is 14.5 Å². The van der Waals surface area contributed by atoms with Crippen LogP contribution in [0.2, 0.25) is 0 Å². The molecule has 2 heterocycles. The highest BCUT2D eigenvalue weighted by Crippen LogP contribution is 2.12. The number of rotatable bonds is 5. The zero-order valence-corrected chi connectivity index (χ0v) is 13.1. The molecule has 23 heavy (non-hydrogen) atoms. The van der Waals surface area contributed by atoms with Crippen LogP contribution >= 0.6 is 0 Å². The average molecular weight is 305 g/mol. The fraction of sp³-hybridized carbons (Fsp3) is 0.158. The molecule has 1 amide bonds. The maximum atomic E-state index is 12.8. The summed E-state index contributed by atoms with van der Waals surface area (Å²) >= 11 is 0. The van der Waals surface area contributed by atoms with E-state index in [1.165, 1.54) is 5.56 Å². The third kappa shape index (κ3) is 3.31. The van der Waals surface area contributed by atoms with Crippen molar-refractivity contribution in [3.05, 3.63) is 84.2 Å². The number of carbonyl (C=O) groups is 1. The molecule has 0 unspecified atom stereocenters. The number of benzene rings is 1. The standard InChI is InChI=1S/C19H19N3O/c1-3-11-21(14-16-9-7-15(2)8-10-16)19(23)18-13-17-6-4-5-12-22(17)20-18/h3-10,12-13H,1,11,14H2,2H3. The lowest BCUT2D eigenvalue weighted by Crippen LogP contribution is -2.31. The van der Waals surface area contributed by atoms with Gasteiger partial charge in [0.05, 0.1) is 5.52 Å². The predicted molar refractivity (Wildman–Crippen MR) is 91.3 cm³/mol. The van der Waals surface area contributed by atoms with E-state index in [1.807, 2.05) is 49.5 Å². The third-order valence-electron chi connectivity index (χ3n) is 3.72. The minimum atomic E-state index is -0.0887. The molecule has 0 spiro atoms. The van der Waals surface area contributed by atoms with Crippen LogP contribution in [0.25, 0.3) is 5.52 Å². The van der Waals surface area contributed by atoms with Crippen molar-refractivity contribution in [3.63, 3.8) is 0 Å². The van der Waals surface area contributed by atoms with E-state index in [0.29, 0.717) is 18.8 Å². The summed E-state index contributed by atoms with van der Waals surface area (Å²) in [5.74, 6) is -0.0887. The minimum Gasteiger partial charge on any atom is -0.329 e. The van der Waals surface area contributed by atoms with Crippen molar-refractivity contribution in [1.29, 1.82) is 0 Å². The van der Waals surface area contributed by atoms with E-state index < -0.39 is 0 Å². The number of fused-ring (bicyclic) bond motifs is 1. The first kappa shape index (κ1) is 15.0. The van der Waals surface area contributed by atoms with Crippen LogP contribution in [0.1, 0.15) is 21.6 Å². The first-order valence-corrected chi connectivity index (χ1v) is 7.57. The molecule has 0 N–H and O–H groups in total. The Hall–Kier alpha value is -2.88. The van der Waals surface area contributed by atoms with Crippen LogP contribution in [0.15, 0.2) is 67.4 Å². The summed E-state index contributed by atoms with van der Waals surface area (Å²) in [6, 6.07) is 15.8. The van der Waals surface area contributed by atoms with Gasteiger partial charge in [-0.25, -0.2) is 4.52 Å². The number of carbonyl (C=O) groups excluding carboxylic acids is 1. The largest absolute Gasteiger partial charge is 0.329 e. The lowest BCUT2D eigenvalue weighted by Gasteiger charge is -2.20.